The molecular formula is C15H14Br2O3. The molecule has 0 aromatic heterocycles. The first-order valence-corrected chi connectivity index (χ1v) is 7.88. The van der Waals surface area contributed by atoms with E-state index < -0.39 is 0 Å². The van der Waals surface area contributed by atoms with E-state index >= 15 is 0 Å². The van der Waals surface area contributed by atoms with Crippen LogP contribution in [0.2, 0.25) is 0 Å². The molecule has 0 aliphatic carbocycles. The molecule has 2 aromatic carbocycles. The van der Waals surface area contributed by atoms with Gasteiger partial charge in [-0.15, -0.1) is 0 Å². The molecule has 0 heterocycles. The minimum absolute atomic E-state index is 0.245. The van der Waals surface area contributed by atoms with Gasteiger partial charge in [0.25, 0.3) is 0 Å². The first kappa shape index (κ1) is 15.2. The van der Waals surface area contributed by atoms with Crippen molar-refractivity contribution >= 4 is 31.9 Å². The Labute approximate surface area is 134 Å². The number of hydrogen-bond donors (Lipinski definition) is 1. The zero-order valence-corrected chi connectivity index (χ0v) is 14.1. The van der Waals surface area contributed by atoms with Crippen molar-refractivity contribution in [1.82, 2.24) is 0 Å². The summed E-state index contributed by atoms with van der Waals surface area (Å²) in [5.74, 6) is 1.60. The third-order valence-corrected chi connectivity index (χ3v) is 4.00. The SMILES string of the molecule is COc1cc(CBr)cc(Br)c1OCc1ccc(O)cc1. The van der Waals surface area contributed by atoms with E-state index in [1.807, 2.05) is 24.3 Å². The summed E-state index contributed by atoms with van der Waals surface area (Å²) in [5, 5.41) is 10.0. The van der Waals surface area contributed by atoms with Crippen LogP contribution in [-0.4, -0.2) is 12.2 Å². The van der Waals surface area contributed by atoms with Crippen LogP contribution in [0.15, 0.2) is 40.9 Å². The van der Waals surface area contributed by atoms with E-state index in [0.717, 1.165) is 20.9 Å². The Hall–Kier alpha value is -1.20. The van der Waals surface area contributed by atoms with Crippen LogP contribution in [0.5, 0.6) is 17.2 Å². The van der Waals surface area contributed by atoms with Crippen LogP contribution in [0.3, 0.4) is 0 Å². The van der Waals surface area contributed by atoms with E-state index in [-0.39, 0.29) is 5.75 Å². The Morgan fingerprint density at radius 2 is 1.80 bits per heavy atom. The maximum Gasteiger partial charge on any atom is 0.175 e. The van der Waals surface area contributed by atoms with Crippen molar-refractivity contribution in [2.24, 2.45) is 0 Å². The fourth-order valence-electron chi connectivity index (χ4n) is 1.74. The highest BCUT2D eigenvalue weighted by atomic mass is 79.9. The fourth-order valence-corrected chi connectivity index (χ4v) is 2.67. The molecule has 2 rings (SSSR count). The molecule has 1 N–H and O–H groups in total. The third kappa shape index (κ3) is 3.67. The molecule has 0 radical (unpaired) electrons. The summed E-state index contributed by atoms with van der Waals surface area (Å²) in [4.78, 5) is 0. The molecule has 0 saturated heterocycles. The van der Waals surface area contributed by atoms with Gasteiger partial charge in [0, 0.05) is 5.33 Å². The van der Waals surface area contributed by atoms with Crippen molar-refractivity contribution in [2.75, 3.05) is 7.11 Å². The number of alkyl halides is 1. The van der Waals surface area contributed by atoms with Crippen molar-refractivity contribution in [2.45, 2.75) is 11.9 Å². The maximum absolute atomic E-state index is 9.25. The molecule has 0 aliphatic rings. The van der Waals surface area contributed by atoms with Crippen LogP contribution in [0.1, 0.15) is 11.1 Å². The lowest BCUT2D eigenvalue weighted by atomic mass is 10.2. The minimum Gasteiger partial charge on any atom is -0.508 e. The van der Waals surface area contributed by atoms with E-state index in [4.69, 9.17) is 9.47 Å². The molecule has 0 saturated carbocycles. The zero-order valence-electron chi connectivity index (χ0n) is 10.9. The molecule has 0 spiro atoms. The van der Waals surface area contributed by atoms with Crippen molar-refractivity contribution in [3.63, 3.8) is 0 Å². The molecule has 2 aromatic rings. The van der Waals surface area contributed by atoms with Crippen LogP contribution >= 0.6 is 31.9 Å². The van der Waals surface area contributed by atoms with Crippen molar-refractivity contribution in [3.8, 4) is 17.2 Å². The van der Waals surface area contributed by atoms with Gasteiger partial charge in [0.15, 0.2) is 11.5 Å². The lowest BCUT2D eigenvalue weighted by Gasteiger charge is -2.14. The van der Waals surface area contributed by atoms with Crippen LogP contribution in [0.25, 0.3) is 0 Å². The molecular weight excluding hydrogens is 388 g/mol. The lowest BCUT2D eigenvalue weighted by Crippen LogP contribution is -1.99. The molecule has 0 bridgehead atoms. The average molecular weight is 402 g/mol. The minimum atomic E-state index is 0.245. The first-order valence-electron chi connectivity index (χ1n) is 5.97. The number of hydrogen-bond acceptors (Lipinski definition) is 3. The predicted molar refractivity (Wildman–Crippen MR) is 85.8 cm³/mol. The summed E-state index contributed by atoms with van der Waals surface area (Å²) in [6, 6.07) is 10.8. The van der Waals surface area contributed by atoms with E-state index in [2.05, 4.69) is 31.9 Å². The van der Waals surface area contributed by atoms with E-state index in [1.54, 1.807) is 19.2 Å². The van der Waals surface area contributed by atoms with Gasteiger partial charge in [0.05, 0.1) is 11.6 Å². The molecule has 5 heteroatoms. The number of aromatic hydroxyl groups is 1. The topological polar surface area (TPSA) is 38.7 Å². The summed E-state index contributed by atoms with van der Waals surface area (Å²) >= 11 is 6.92. The molecule has 0 fully saturated rings. The standard InChI is InChI=1S/C15H14Br2O3/c1-19-14-7-11(8-16)6-13(17)15(14)20-9-10-2-4-12(18)5-3-10/h2-7,18H,8-9H2,1H3. The van der Waals surface area contributed by atoms with Gasteiger partial charge >= 0.3 is 0 Å². The van der Waals surface area contributed by atoms with Crippen LogP contribution in [0.4, 0.5) is 0 Å². The summed E-state index contributed by atoms with van der Waals surface area (Å²) in [6.45, 7) is 0.406. The number of ether oxygens (including phenoxy) is 2. The number of methoxy groups -OCH3 is 1. The van der Waals surface area contributed by atoms with Gasteiger partial charge < -0.3 is 14.6 Å². The third-order valence-electron chi connectivity index (χ3n) is 2.76. The van der Waals surface area contributed by atoms with E-state index in [9.17, 15) is 5.11 Å². The molecule has 0 unspecified atom stereocenters. The van der Waals surface area contributed by atoms with Crippen LogP contribution in [-0.2, 0) is 11.9 Å². The Bertz CT molecular complexity index is 582. The van der Waals surface area contributed by atoms with Crippen molar-refractivity contribution in [3.05, 3.63) is 52.0 Å². The van der Waals surface area contributed by atoms with Gasteiger partial charge in [-0.3, -0.25) is 0 Å². The molecule has 20 heavy (non-hydrogen) atoms. The molecule has 0 amide bonds. The highest BCUT2D eigenvalue weighted by Gasteiger charge is 2.11. The summed E-state index contributed by atoms with van der Waals surface area (Å²) < 4.78 is 12.0. The van der Waals surface area contributed by atoms with Crippen molar-refractivity contribution in [1.29, 1.82) is 0 Å². The number of phenols is 1. The summed E-state index contributed by atoms with van der Waals surface area (Å²) in [7, 11) is 1.62. The van der Waals surface area contributed by atoms with Crippen LogP contribution < -0.4 is 9.47 Å². The second kappa shape index (κ2) is 6.99. The fraction of sp³-hybridized carbons (Fsp3) is 0.200. The number of rotatable bonds is 5. The second-order valence-electron chi connectivity index (χ2n) is 4.20. The van der Waals surface area contributed by atoms with Gasteiger partial charge in [-0.05, 0) is 51.3 Å². The van der Waals surface area contributed by atoms with Crippen LogP contribution in [0, 0.1) is 0 Å². The Kier molecular flexibility index (Phi) is 5.31. The average Bonchev–Trinajstić information content (AvgIpc) is 2.47. The number of benzene rings is 2. The lowest BCUT2D eigenvalue weighted by molar-refractivity contribution is 0.282. The van der Waals surface area contributed by atoms with Gasteiger partial charge in [-0.1, -0.05) is 28.1 Å². The number of halogens is 2. The Morgan fingerprint density at radius 1 is 1.10 bits per heavy atom. The van der Waals surface area contributed by atoms with Gasteiger partial charge in [-0.2, -0.15) is 0 Å². The summed E-state index contributed by atoms with van der Waals surface area (Å²) in [6.07, 6.45) is 0. The smallest absolute Gasteiger partial charge is 0.175 e. The zero-order chi connectivity index (χ0) is 14.5. The molecule has 106 valence electrons. The van der Waals surface area contributed by atoms with Gasteiger partial charge in [0.1, 0.15) is 12.4 Å². The first-order chi connectivity index (χ1) is 9.63. The summed E-state index contributed by atoms with van der Waals surface area (Å²) in [5.41, 5.74) is 2.08. The molecule has 0 atom stereocenters. The highest BCUT2D eigenvalue weighted by molar-refractivity contribution is 9.10. The second-order valence-corrected chi connectivity index (χ2v) is 5.61. The predicted octanol–water partition coefficient (Wildman–Crippen LogP) is 4.64. The van der Waals surface area contributed by atoms with Crippen molar-refractivity contribution < 1.29 is 14.6 Å². The van der Waals surface area contributed by atoms with E-state index in [0.29, 0.717) is 18.1 Å². The largest absolute Gasteiger partial charge is 0.508 e. The highest BCUT2D eigenvalue weighted by Crippen LogP contribution is 2.37. The number of phenolic OH excluding ortho intramolecular Hbond substituents is 1. The quantitative estimate of drug-likeness (QED) is 0.742. The molecule has 3 nitrogen and oxygen atoms in total. The monoisotopic (exact) mass is 400 g/mol. The molecule has 0 aliphatic heterocycles. The Morgan fingerprint density at radius 3 is 2.40 bits per heavy atom. The Balaban J connectivity index is 2.18. The van der Waals surface area contributed by atoms with Gasteiger partial charge in [0.2, 0.25) is 0 Å². The van der Waals surface area contributed by atoms with E-state index in [1.165, 1.54) is 0 Å². The van der Waals surface area contributed by atoms with Gasteiger partial charge in [-0.25, -0.2) is 0 Å². The normalized spacial score (nSPS) is 10.3. The maximum atomic E-state index is 9.25.